The summed E-state index contributed by atoms with van der Waals surface area (Å²) in [6.45, 7) is 1.92. The highest BCUT2D eigenvalue weighted by molar-refractivity contribution is 6.31. The van der Waals surface area contributed by atoms with Gasteiger partial charge in [-0.05, 0) is 55.9 Å². The van der Waals surface area contributed by atoms with Crippen LogP contribution >= 0.6 is 11.6 Å². The number of benzene rings is 1. The number of nitrogens with one attached hydrogen (secondary N) is 1. The number of hydrogen-bond acceptors (Lipinski definition) is 4. The first-order valence-corrected chi connectivity index (χ1v) is 8.54. The van der Waals surface area contributed by atoms with Crippen molar-refractivity contribution >= 4 is 34.4 Å². The van der Waals surface area contributed by atoms with Crippen molar-refractivity contribution in [1.82, 2.24) is 5.32 Å². The molecule has 0 atom stereocenters. The lowest BCUT2D eigenvalue weighted by Gasteiger charge is -2.26. The summed E-state index contributed by atoms with van der Waals surface area (Å²) in [6.07, 6.45) is 4.19. The van der Waals surface area contributed by atoms with E-state index in [1.807, 2.05) is 0 Å². The number of halogens is 1. The van der Waals surface area contributed by atoms with Gasteiger partial charge in [-0.3, -0.25) is 4.79 Å². The molecule has 1 saturated carbocycles. The summed E-state index contributed by atoms with van der Waals surface area (Å²) in [5, 5.41) is 4.19. The van der Waals surface area contributed by atoms with E-state index in [1.165, 1.54) is 0 Å². The summed E-state index contributed by atoms with van der Waals surface area (Å²) < 4.78 is 10.4. The Balaban J connectivity index is 1.51. The Morgan fingerprint density at radius 3 is 2.75 bits per heavy atom. The summed E-state index contributed by atoms with van der Waals surface area (Å²) in [5.41, 5.74) is 0.548. The molecular weight excluding hydrogens is 330 g/mol. The first kappa shape index (κ1) is 16.8. The van der Waals surface area contributed by atoms with E-state index in [-0.39, 0.29) is 24.3 Å². The Kier molecular flexibility index (Phi) is 5.09. The lowest BCUT2D eigenvalue weighted by Crippen LogP contribution is -2.39. The fraction of sp³-hybridized carbons (Fsp3) is 0.444. The maximum absolute atomic E-state index is 12.0. The van der Waals surface area contributed by atoms with E-state index < -0.39 is 5.97 Å². The van der Waals surface area contributed by atoms with Crippen LogP contribution in [0.2, 0.25) is 5.02 Å². The molecule has 0 unspecified atom stereocenters. The zero-order chi connectivity index (χ0) is 17.1. The summed E-state index contributed by atoms with van der Waals surface area (Å²) in [4.78, 5) is 23.9. The van der Waals surface area contributed by atoms with Gasteiger partial charge in [0.2, 0.25) is 5.76 Å². The lowest BCUT2D eigenvalue weighted by atomic mass is 9.87. The molecule has 5 nitrogen and oxygen atoms in total. The van der Waals surface area contributed by atoms with Crippen LogP contribution in [0.15, 0.2) is 28.7 Å². The second-order valence-corrected chi connectivity index (χ2v) is 6.83. The number of furan rings is 1. The Hall–Kier alpha value is -2.01. The molecule has 1 aliphatic rings. The monoisotopic (exact) mass is 349 g/mol. The number of esters is 1. The third-order valence-corrected chi connectivity index (χ3v) is 4.63. The number of carbonyl (C=O) groups is 2. The summed E-state index contributed by atoms with van der Waals surface area (Å²) in [7, 11) is 0. The summed E-state index contributed by atoms with van der Waals surface area (Å²) in [5.74, 6) is -0.152. The zero-order valence-electron chi connectivity index (χ0n) is 13.5. The summed E-state index contributed by atoms with van der Waals surface area (Å²) >= 11 is 5.90. The fourth-order valence-electron chi connectivity index (χ4n) is 2.99. The first-order valence-electron chi connectivity index (χ1n) is 8.17. The molecule has 0 aliphatic heterocycles. The average Bonchev–Trinajstić information content (AvgIpc) is 2.98. The smallest absolute Gasteiger partial charge is 0.374 e. The minimum absolute atomic E-state index is 0.0616. The van der Waals surface area contributed by atoms with Crippen LogP contribution in [-0.2, 0) is 9.53 Å². The van der Waals surface area contributed by atoms with Crippen LogP contribution in [0, 0.1) is 5.92 Å². The van der Waals surface area contributed by atoms with Crippen molar-refractivity contribution in [2.24, 2.45) is 5.92 Å². The molecule has 1 aliphatic carbocycles. The van der Waals surface area contributed by atoms with Gasteiger partial charge in [0.25, 0.3) is 5.91 Å². The minimum Gasteiger partial charge on any atom is -0.450 e. The fourth-order valence-corrected chi connectivity index (χ4v) is 3.17. The molecule has 6 heteroatoms. The first-order chi connectivity index (χ1) is 11.5. The molecule has 1 aromatic carbocycles. The topological polar surface area (TPSA) is 68.5 Å². The van der Waals surface area contributed by atoms with Gasteiger partial charge < -0.3 is 14.5 Å². The zero-order valence-corrected chi connectivity index (χ0v) is 14.3. The van der Waals surface area contributed by atoms with Crippen molar-refractivity contribution in [2.75, 3.05) is 6.61 Å². The van der Waals surface area contributed by atoms with Crippen molar-refractivity contribution < 1.29 is 18.7 Å². The molecule has 0 spiro atoms. The maximum atomic E-state index is 12.0. The van der Waals surface area contributed by atoms with Gasteiger partial charge in [0.05, 0.1) is 0 Å². The molecular formula is C18H20ClNO4. The van der Waals surface area contributed by atoms with Crippen LogP contribution in [-0.4, -0.2) is 24.5 Å². The predicted molar refractivity (Wildman–Crippen MR) is 91.1 cm³/mol. The van der Waals surface area contributed by atoms with Gasteiger partial charge in [-0.2, -0.15) is 0 Å². The highest BCUT2D eigenvalue weighted by Gasteiger charge is 2.21. The van der Waals surface area contributed by atoms with Gasteiger partial charge in [-0.25, -0.2) is 4.79 Å². The largest absolute Gasteiger partial charge is 0.450 e. The van der Waals surface area contributed by atoms with E-state index in [0.29, 0.717) is 10.6 Å². The van der Waals surface area contributed by atoms with Crippen LogP contribution < -0.4 is 5.32 Å². The minimum atomic E-state index is -0.658. The highest BCUT2D eigenvalue weighted by atomic mass is 35.5. The van der Waals surface area contributed by atoms with Crippen molar-refractivity contribution in [1.29, 1.82) is 0 Å². The second kappa shape index (κ2) is 7.26. The van der Waals surface area contributed by atoms with Gasteiger partial charge in [0, 0.05) is 16.5 Å². The van der Waals surface area contributed by atoms with Gasteiger partial charge >= 0.3 is 5.97 Å². The maximum Gasteiger partial charge on any atom is 0.374 e. The Labute approximate surface area is 145 Å². The number of carbonyl (C=O) groups excluding carboxylic acids is 2. The molecule has 1 N–H and O–H groups in total. The highest BCUT2D eigenvalue weighted by Crippen LogP contribution is 2.24. The predicted octanol–water partition coefficient (Wildman–Crippen LogP) is 3.94. The number of rotatable bonds is 4. The Morgan fingerprint density at radius 2 is 2.00 bits per heavy atom. The van der Waals surface area contributed by atoms with Crippen molar-refractivity contribution in [2.45, 2.75) is 38.6 Å². The molecule has 1 aromatic heterocycles. The van der Waals surface area contributed by atoms with Gasteiger partial charge in [-0.1, -0.05) is 18.5 Å². The van der Waals surface area contributed by atoms with Crippen molar-refractivity contribution in [3.63, 3.8) is 0 Å². The average molecular weight is 350 g/mol. The van der Waals surface area contributed by atoms with Crippen LogP contribution in [0.3, 0.4) is 0 Å². The van der Waals surface area contributed by atoms with E-state index in [2.05, 4.69) is 12.2 Å². The summed E-state index contributed by atoms with van der Waals surface area (Å²) in [6, 6.07) is 6.81. The molecule has 1 amide bonds. The molecule has 24 heavy (non-hydrogen) atoms. The Morgan fingerprint density at radius 1 is 1.25 bits per heavy atom. The third-order valence-electron chi connectivity index (χ3n) is 4.39. The third kappa shape index (κ3) is 4.09. The van der Waals surface area contributed by atoms with E-state index >= 15 is 0 Å². The Bertz CT molecular complexity index is 747. The van der Waals surface area contributed by atoms with Gasteiger partial charge in [-0.15, -0.1) is 0 Å². The van der Waals surface area contributed by atoms with E-state index in [9.17, 15) is 9.59 Å². The molecule has 0 bridgehead atoms. The quantitative estimate of drug-likeness (QED) is 0.849. The van der Waals surface area contributed by atoms with Gasteiger partial charge in [0.15, 0.2) is 6.61 Å². The number of fused-ring (bicyclic) bond motifs is 1. The molecule has 1 heterocycles. The van der Waals surface area contributed by atoms with Crippen LogP contribution in [0.1, 0.15) is 43.2 Å². The SMILES string of the molecule is CC1CCC(NC(=O)COC(=O)c2cc3cc(Cl)ccc3o2)CC1. The van der Waals surface area contributed by atoms with Crippen LogP contribution in [0.4, 0.5) is 0 Å². The lowest BCUT2D eigenvalue weighted by molar-refractivity contribution is -0.125. The second-order valence-electron chi connectivity index (χ2n) is 6.39. The van der Waals surface area contributed by atoms with E-state index in [0.717, 1.165) is 37.0 Å². The number of ether oxygens (including phenoxy) is 1. The van der Waals surface area contributed by atoms with E-state index in [1.54, 1.807) is 24.3 Å². The van der Waals surface area contributed by atoms with Crippen molar-refractivity contribution in [3.8, 4) is 0 Å². The normalized spacial score (nSPS) is 20.8. The van der Waals surface area contributed by atoms with E-state index in [4.69, 9.17) is 20.8 Å². The van der Waals surface area contributed by atoms with Crippen molar-refractivity contribution in [3.05, 3.63) is 35.0 Å². The molecule has 128 valence electrons. The molecule has 1 fully saturated rings. The number of amides is 1. The molecule has 0 saturated heterocycles. The van der Waals surface area contributed by atoms with Crippen LogP contribution in [0.25, 0.3) is 11.0 Å². The molecule has 2 aromatic rings. The molecule has 3 rings (SSSR count). The number of hydrogen-bond donors (Lipinski definition) is 1. The van der Waals surface area contributed by atoms with Crippen LogP contribution in [0.5, 0.6) is 0 Å². The van der Waals surface area contributed by atoms with Gasteiger partial charge in [0.1, 0.15) is 5.58 Å². The molecule has 0 radical (unpaired) electrons. The standard InChI is InChI=1S/C18H20ClNO4/c1-11-2-5-14(6-3-11)20-17(21)10-23-18(22)16-9-12-8-13(19)4-7-15(12)24-16/h4,7-9,11,14H,2-3,5-6,10H2,1H3,(H,20,21).